The number of thioether (sulfide) groups is 1. The number of thiophene rings is 1. The van der Waals surface area contributed by atoms with Crippen LogP contribution >= 0.6 is 23.1 Å². The predicted molar refractivity (Wildman–Crippen MR) is 70.7 cm³/mol. The predicted octanol–water partition coefficient (Wildman–Crippen LogP) is 3.13. The molecule has 0 bridgehead atoms. The van der Waals surface area contributed by atoms with Gasteiger partial charge in [0, 0.05) is 17.9 Å². The van der Waals surface area contributed by atoms with Crippen molar-refractivity contribution in [3.05, 3.63) is 21.1 Å². The van der Waals surface area contributed by atoms with E-state index in [1.54, 1.807) is 0 Å². The Hall–Kier alpha value is -0.920. The minimum absolute atomic E-state index is 0.0364. The molecule has 1 saturated heterocycles. The van der Waals surface area contributed by atoms with Gasteiger partial charge < -0.3 is 4.74 Å². The average Bonchev–Trinajstić information content (AvgIpc) is 2.87. The van der Waals surface area contributed by atoms with E-state index < -0.39 is 4.92 Å². The number of hydrogen-bond acceptors (Lipinski definition) is 6. The molecule has 2 atom stereocenters. The van der Waals surface area contributed by atoms with E-state index >= 15 is 0 Å². The Morgan fingerprint density at radius 1 is 1.67 bits per heavy atom. The molecule has 5 nitrogen and oxygen atoms in total. The summed E-state index contributed by atoms with van der Waals surface area (Å²) in [6.07, 6.45) is 0.980. The molecule has 7 heteroatoms. The fourth-order valence-electron chi connectivity index (χ4n) is 1.75. The van der Waals surface area contributed by atoms with Crippen molar-refractivity contribution in [1.29, 1.82) is 0 Å². The Bertz CT molecular complexity index is 485. The van der Waals surface area contributed by atoms with Crippen LogP contribution in [0.25, 0.3) is 0 Å². The van der Waals surface area contributed by atoms with Crippen LogP contribution in [0.5, 0.6) is 0 Å². The number of ketones is 1. The van der Waals surface area contributed by atoms with Gasteiger partial charge in [-0.3, -0.25) is 14.9 Å². The molecule has 1 fully saturated rings. The van der Waals surface area contributed by atoms with Crippen LogP contribution in [0, 0.1) is 10.1 Å². The van der Waals surface area contributed by atoms with Crippen LogP contribution in [0.1, 0.15) is 29.9 Å². The zero-order valence-electron chi connectivity index (χ0n) is 10.0. The number of nitro groups is 1. The summed E-state index contributed by atoms with van der Waals surface area (Å²) in [5, 5.41) is 11.2. The fourth-order valence-corrected chi connectivity index (χ4v) is 4.35. The first-order valence-corrected chi connectivity index (χ1v) is 7.26. The summed E-state index contributed by atoms with van der Waals surface area (Å²) < 4.78 is 6.04. The van der Waals surface area contributed by atoms with Gasteiger partial charge in [-0.15, -0.1) is 23.1 Å². The van der Waals surface area contributed by atoms with Crippen molar-refractivity contribution in [1.82, 2.24) is 0 Å². The van der Waals surface area contributed by atoms with Gasteiger partial charge >= 0.3 is 0 Å². The third-order valence-corrected chi connectivity index (χ3v) is 5.69. The maximum Gasteiger partial charge on any atom is 0.294 e. The summed E-state index contributed by atoms with van der Waals surface area (Å²) in [6.45, 7) is 4.08. The average molecular weight is 287 g/mol. The second-order valence-corrected chi connectivity index (χ2v) is 6.68. The van der Waals surface area contributed by atoms with Crippen molar-refractivity contribution < 1.29 is 14.5 Å². The van der Waals surface area contributed by atoms with Gasteiger partial charge in [0.25, 0.3) is 5.69 Å². The zero-order valence-corrected chi connectivity index (χ0v) is 11.7. The van der Waals surface area contributed by atoms with Gasteiger partial charge in [-0.2, -0.15) is 0 Å². The molecule has 0 radical (unpaired) electrons. The quantitative estimate of drug-likeness (QED) is 0.483. The fraction of sp³-hybridized carbons (Fsp3) is 0.545. The van der Waals surface area contributed by atoms with E-state index in [1.165, 1.54) is 36.1 Å². The molecule has 2 heterocycles. The van der Waals surface area contributed by atoms with Gasteiger partial charge in [0.05, 0.1) is 15.9 Å². The zero-order chi connectivity index (χ0) is 13.3. The van der Waals surface area contributed by atoms with Crippen LogP contribution in [-0.2, 0) is 4.74 Å². The molecule has 2 unspecified atom stereocenters. The molecule has 0 aromatic carbocycles. The maximum absolute atomic E-state index is 11.3. The molecule has 1 aliphatic rings. The Labute approximate surface area is 113 Å². The second-order valence-electron chi connectivity index (χ2n) is 4.12. The maximum atomic E-state index is 11.3. The number of ether oxygens (including phenoxy) is 1. The molecule has 0 saturated carbocycles. The van der Waals surface area contributed by atoms with Crippen LogP contribution < -0.4 is 0 Å². The van der Waals surface area contributed by atoms with Gasteiger partial charge in [-0.1, -0.05) is 0 Å². The number of rotatable bonds is 4. The number of Topliss-reactive ketones (excluding diaryl/α,β-unsaturated/α-hetero) is 1. The SMILES string of the molecule is CC(=O)c1cc([N+](=O)[O-])c(SC2CCOC2C)s1. The largest absolute Gasteiger partial charge is 0.377 e. The molecule has 0 N–H and O–H groups in total. The van der Waals surface area contributed by atoms with E-state index in [-0.39, 0.29) is 22.8 Å². The lowest BCUT2D eigenvalue weighted by Crippen LogP contribution is -2.12. The molecule has 1 aromatic heterocycles. The summed E-state index contributed by atoms with van der Waals surface area (Å²) >= 11 is 2.65. The Kier molecular flexibility index (Phi) is 4.04. The summed E-state index contributed by atoms with van der Waals surface area (Å²) in [5.74, 6) is -0.134. The van der Waals surface area contributed by atoms with Crippen molar-refractivity contribution in [2.24, 2.45) is 0 Å². The lowest BCUT2D eigenvalue weighted by molar-refractivity contribution is -0.387. The number of nitrogens with zero attached hydrogens (tertiary/aromatic N) is 1. The van der Waals surface area contributed by atoms with E-state index in [9.17, 15) is 14.9 Å². The first kappa shape index (κ1) is 13.5. The van der Waals surface area contributed by atoms with E-state index in [0.717, 1.165) is 6.42 Å². The molecule has 0 aliphatic carbocycles. The van der Waals surface area contributed by atoms with E-state index in [0.29, 0.717) is 15.7 Å². The topological polar surface area (TPSA) is 69.4 Å². The van der Waals surface area contributed by atoms with Crippen LogP contribution in [0.2, 0.25) is 0 Å². The summed E-state index contributed by atoms with van der Waals surface area (Å²) in [6, 6.07) is 1.37. The first-order chi connectivity index (χ1) is 8.49. The monoisotopic (exact) mass is 287 g/mol. The minimum atomic E-state index is -0.425. The molecule has 98 valence electrons. The third-order valence-electron chi connectivity index (χ3n) is 2.79. The van der Waals surface area contributed by atoms with Gasteiger partial charge in [0.1, 0.15) is 4.21 Å². The van der Waals surface area contributed by atoms with Crippen molar-refractivity contribution in [2.75, 3.05) is 6.61 Å². The van der Waals surface area contributed by atoms with Gasteiger partial charge in [0.15, 0.2) is 5.78 Å². The van der Waals surface area contributed by atoms with Gasteiger partial charge in [-0.05, 0) is 20.3 Å². The normalized spacial score (nSPS) is 23.2. The van der Waals surface area contributed by atoms with Gasteiger partial charge in [-0.25, -0.2) is 0 Å². The highest BCUT2D eigenvalue weighted by atomic mass is 32.2. The van der Waals surface area contributed by atoms with Crippen LogP contribution in [0.15, 0.2) is 10.3 Å². The highest BCUT2D eigenvalue weighted by Crippen LogP contribution is 2.42. The first-order valence-electron chi connectivity index (χ1n) is 5.56. The smallest absolute Gasteiger partial charge is 0.294 e. The van der Waals surface area contributed by atoms with Crippen LogP contribution in [0.3, 0.4) is 0 Å². The lowest BCUT2D eigenvalue weighted by Gasteiger charge is -2.11. The van der Waals surface area contributed by atoms with E-state index in [2.05, 4.69) is 0 Å². The van der Waals surface area contributed by atoms with E-state index in [4.69, 9.17) is 4.74 Å². The summed E-state index contributed by atoms with van der Waals surface area (Å²) in [7, 11) is 0. The second kappa shape index (κ2) is 5.38. The molecule has 0 spiro atoms. The highest BCUT2D eigenvalue weighted by Gasteiger charge is 2.30. The Morgan fingerprint density at radius 3 is 2.89 bits per heavy atom. The van der Waals surface area contributed by atoms with Crippen LogP contribution in [0.4, 0.5) is 5.69 Å². The molecular formula is C11H13NO4S2. The third kappa shape index (κ3) is 2.73. The molecular weight excluding hydrogens is 274 g/mol. The Balaban J connectivity index is 2.25. The molecule has 0 amide bonds. The highest BCUT2D eigenvalue weighted by molar-refractivity contribution is 8.02. The Morgan fingerprint density at radius 2 is 2.39 bits per heavy atom. The number of hydrogen-bond donors (Lipinski definition) is 0. The number of carbonyl (C=O) groups is 1. The lowest BCUT2D eigenvalue weighted by atomic mass is 10.3. The molecule has 2 rings (SSSR count). The molecule has 1 aromatic rings. The molecule has 18 heavy (non-hydrogen) atoms. The minimum Gasteiger partial charge on any atom is -0.377 e. The van der Waals surface area contributed by atoms with Crippen molar-refractivity contribution >= 4 is 34.6 Å². The van der Waals surface area contributed by atoms with Crippen molar-refractivity contribution in [3.8, 4) is 0 Å². The number of carbonyl (C=O) groups excluding carboxylic acids is 1. The molecule has 1 aliphatic heterocycles. The summed E-state index contributed by atoms with van der Waals surface area (Å²) in [4.78, 5) is 22.3. The van der Waals surface area contributed by atoms with Crippen LogP contribution in [-0.4, -0.2) is 28.7 Å². The van der Waals surface area contributed by atoms with E-state index in [1.807, 2.05) is 6.92 Å². The standard InChI is InChI=1S/C11H13NO4S2/c1-6(13)10-5-8(12(14)15)11(18-10)17-9-3-4-16-7(9)2/h5,7,9H,3-4H2,1-2H3. The van der Waals surface area contributed by atoms with Crippen molar-refractivity contribution in [3.63, 3.8) is 0 Å². The van der Waals surface area contributed by atoms with Gasteiger partial charge in [0.2, 0.25) is 0 Å². The summed E-state index contributed by atoms with van der Waals surface area (Å²) in [5.41, 5.74) is 0.0364. The van der Waals surface area contributed by atoms with Crippen molar-refractivity contribution in [2.45, 2.75) is 35.8 Å².